The number of hydrogen-bond donors (Lipinski definition) is 0. The molecule has 0 bridgehead atoms. The predicted octanol–water partition coefficient (Wildman–Crippen LogP) is -0.246. The number of aldehydes is 1. The van der Waals surface area contributed by atoms with Crippen molar-refractivity contribution in [2.45, 2.75) is 6.61 Å². The van der Waals surface area contributed by atoms with E-state index in [0.717, 1.165) is 0 Å². The molecule has 0 aromatic carbocycles. The number of rotatable bonds is 2. The maximum Gasteiger partial charge on any atom is 0.168 e. The molecule has 0 unspecified atom stereocenters. The average Bonchev–Trinajstić information content (AvgIpc) is 2.05. The number of nitrogens with zero attached hydrogens (tertiary/aromatic N) is 1. The second-order valence-corrected chi connectivity index (χ2v) is 1.85. The van der Waals surface area contributed by atoms with Gasteiger partial charge in [0.25, 0.3) is 0 Å². The van der Waals surface area contributed by atoms with E-state index < -0.39 is 0 Å². The highest BCUT2D eigenvalue weighted by Gasteiger charge is 1.88. The molecular formula is C7H6NO2-. The minimum atomic E-state index is -0.286. The van der Waals surface area contributed by atoms with E-state index >= 15 is 0 Å². The summed E-state index contributed by atoms with van der Waals surface area (Å²) in [6, 6.07) is 3.13. The van der Waals surface area contributed by atoms with E-state index in [1.54, 1.807) is 6.07 Å². The molecule has 3 nitrogen and oxygen atoms in total. The number of aromatic nitrogens is 1. The summed E-state index contributed by atoms with van der Waals surface area (Å²) in [6.45, 7) is -0.286. The number of carbonyl (C=O) groups excluding carboxylic acids is 1. The van der Waals surface area contributed by atoms with Crippen LogP contribution in [-0.4, -0.2) is 11.3 Å². The molecule has 0 radical (unpaired) electrons. The Hall–Kier alpha value is -1.22. The zero-order chi connectivity index (χ0) is 7.40. The quantitative estimate of drug-likeness (QED) is 0.527. The van der Waals surface area contributed by atoms with Crippen LogP contribution in [0.5, 0.6) is 0 Å². The summed E-state index contributed by atoms with van der Waals surface area (Å²) in [5.41, 5.74) is 0.961. The lowest BCUT2D eigenvalue weighted by atomic mass is 10.3. The van der Waals surface area contributed by atoms with Crippen molar-refractivity contribution in [2.24, 2.45) is 0 Å². The van der Waals surface area contributed by atoms with Crippen LogP contribution in [0.15, 0.2) is 18.3 Å². The first kappa shape index (κ1) is 6.89. The van der Waals surface area contributed by atoms with Gasteiger partial charge in [-0.3, -0.25) is 9.78 Å². The van der Waals surface area contributed by atoms with Gasteiger partial charge in [0.2, 0.25) is 0 Å². The fraction of sp³-hybridized carbons (Fsp3) is 0.143. The van der Waals surface area contributed by atoms with Gasteiger partial charge in [0.15, 0.2) is 6.29 Å². The molecule has 0 atom stereocenters. The highest BCUT2D eigenvalue weighted by Crippen LogP contribution is 1.95. The van der Waals surface area contributed by atoms with Gasteiger partial charge < -0.3 is 5.11 Å². The zero-order valence-corrected chi connectivity index (χ0v) is 5.28. The van der Waals surface area contributed by atoms with Crippen LogP contribution < -0.4 is 5.11 Å². The van der Waals surface area contributed by atoms with E-state index in [0.29, 0.717) is 17.5 Å². The average molecular weight is 136 g/mol. The van der Waals surface area contributed by atoms with Gasteiger partial charge >= 0.3 is 0 Å². The standard InChI is InChI=1S/C7H6NO2/c9-4-6-1-2-7(5-10)8-3-6/h1-3,5H,4H2/q-1. The van der Waals surface area contributed by atoms with Crippen LogP contribution in [-0.2, 0) is 6.61 Å². The Balaban J connectivity index is 2.90. The van der Waals surface area contributed by atoms with Crippen molar-refractivity contribution in [1.29, 1.82) is 0 Å². The summed E-state index contributed by atoms with van der Waals surface area (Å²) in [4.78, 5) is 13.8. The van der Waals surface area contributed by atoms with Gasteiger partial charge in [-0.25, -0.2) is 0 Å². The lowest BCUT2D eigenvalue weighted by Gasteiger charge is -2.01. The molecule has 0 spiro atoms. The Bertz CT molecular complexity index is 218. The molecule has 0 saturated carbocycles. The molecule has 1 aromatic rings. The van der Waals surface area contributed by atoms with Gasteiger partial charge in [0.1, 0.15) is 5.69 Å². The van der Waals surface area contributed by atoms with Gasteiger partial charge in [-0.05, 0) is 11.6 Å². The van der Waals surface area contributed by atoms with E-state index in [1.165, 1.54) is 12.3 Å². The van der Waals surface area contributed by atoms with Crippen LogP contribution >= 0.6 is 0 Å². The fourth-order valence-electron chi connectivity index (χ4n) is 0.591. The smallest absolute Gasteiger partial charge is 0.168 e. The van der Waals surface area contributed by atoms with E-state index in [4.69, 9.17) is 0 Å². The van der Waals surface area contributed by atoms with Crippen molar-refractivity contribution in [2.75, 3.05) is 0 Å². The molecule has 1 heterocycles. The fourth-order valence-corrected chi connectivity index (χ4v) is 0.591. The van der Waals surface area contributed by atoms with Gasteiger partial charge in [-0.1, -0.05) is 6.07 Å². The molecule has 0 amide bonds. The first-order chi connectivity index (χ1) is 4.86. The minimum Gasteiger partial charge on any atom is -0.851 e. The molecule has 3 heteroatoms. The largest absolute Gasteiger partial charge is 0.851 e. The van der Waals surface area contributed by atoms with Crippen LogP contribution in [0.2, 0.25) is 0 Å². The topological polar surface area (TPSA) is 53.0 Å². The van der Waals surface area contributed by atoms with E-state index in [2.05, 4.69) is 4.98 Å². The second kappa shape index (κ2) is 3.08. The van der Waals surface area contributed by atoms with E-state index in [-0.39, 0.29) is 6.61 Å². The van der Waals surface area contributed by atoms with Crippen molar-refractivity contribution >= 4 is 6.29 Å². The molecule has 0 aliphatic heterocycles. The van der Waals surface area contributed by atoms with Crippen molar-refractivity contribution in [3.8, 4) is 0 Å². The van der Waals surface area contributed by atoms with Crippen LogP contribution in [0.1, 0.15) is 16.1 Å². The number of carbonyl (C=O) groups is 1. The molecule has 0 aliphatic carbocycles. The third kappa shape index (κ3) is 1.39. The first-order valence-electron chi connectivity index (χ1n) is 2.85. The Morgan fingerprint density at radius 3 is 2.80 bits per heavy atom. The maximum atomic E-state index is 10.2. The Morgan fingerprint density at radius 2 is 2.40 bits per heavy atom. The SMILES string of the molecule is O=Cc1ccc(C[O-])cn1. The third-order valence-corrected chi connectivity index (χ3v) is 1.14. The first-order valence-corrected chi connectivity index (χ1v) is 2.85. The van der Waals surface area contributed by atoms with Gasteiger partial charge in [0, 0.05) is 6.20 Å². The van der Waals surface area contributed by atoms with E-state index in [9.17, 15) is 9.90 Å². The lowest BCUT2D eigenvalue weighted by molar-refractivity contribution is -0.386. The molecule has 1 aromatic heterocycles. The molecule has 0 aliphatic rings. The molecular weight excluding hydrogens is 130 g/mol. The maximum absolute atomic E-state index is 10.2. The molecule has 0 N–H and O–H groups in total. The van der Waals surface area contributed by atoms with Gasteiger partial charge in [0.05, 0.1) is 0 Å². The van der Waals surface area contributed by atoms with Crippen molar-refractivity contribution in [3.05, 3.63) is 29.6 Å². The third-order valence-electron chi connectivity index (χ3n) is 1.14. The van der Waals surface area contributed by atoms with Crippen molar-refractivity contribution in [1.82, 2.24) is 4.98 Å². The monoisotopic (exact) mass is 136 g/mol. The summed E-state index contributed by atoms with van der Waals surface area (Å²) in [5, 5.41) is 10.2. The highest BCUT2D eigenvalue weighted by atomic mass is 16.3. The minimum absolute atomic E-state index is 0.286. The Labute approximate surface area is 58.3 Å². The van der Waals surface area contributed by atoms with Crippen molar-refractivity contribution in [3.63, 3.8) is 0 Å². The van der Waals surface area contributed by atoms with Crippen LogP contribution in [0.25, 0.3) is 0 Å². The molecule has 10 heavy (non-hydrogen) atoms. The summed E-state index contributed by atoms with van der Waals surface area (Å²) >= 11 is 0. The summed E-state index contributed by atoms with van der Waals surface area (Å²) in [5.74, 6) is 0. The summed E-state index contributed by atoms with van der Waals surface area (Å²) in [7, 11) is 0. The molecule has 0 saturated heterocycles. The molecule has 0 fully saturated rings. The summed E-state index contributed by atoms with van der Waals surface area (Å²) < 4.78 is 0. The van der Waals surface area contributed by atoms with Gasteiger partial charge in [-0.2, -0.15) is 0 Å². The zero-order valence-electron chi connectivity index (χ0n) is 5.28. The van der Waals surface area contributed by atoms with Crippen LogP contribution in [0.3, 0.4) is 0 Å². The number of hydrogen-bond acceptors (Lipinski definition) is 3. The Morgan fingerprint density at radius 1 is 1.60 bits per heavy atom. The lowest BCUT2D eigenvalue weighted by Crippen LogP contribution is -2.02. The summed E-state index contributed by atoms with van der Waals surface area (Å²) in [6.07, 6.45) is 2.06. The molecule has 52 valence electrons. The van der Waals surface area contributed by atoms with Gasteiger partial charge in [-0.15, -0.1) is 6.61 Å². The van der Waals surface area contributed by atoms with Crippen molar-refractivity contribution < 1.29 is 9.90 Å². The molecule has 1 rings (SSSR count). The normalized spacial score (nSPS) is 9.30. The van der Waals surface area contributed by atoms with Crippen LogP contribution in [0.4, 0.5) is 0 Å². The second-order valence-electron chi connectivity index (χ2n) is 1.85. The van der Waals surface area contributed by atoms with Crippen LogP contribution in [0, 0.1) is 0 Å². The van der Waals surface area contributed by atoms with E-state index in [1.807, 2.05) is 0 Å². The highest BCUT2D eigenvalue weighted by molar-refractivity contribution is 5.71. The Kier molecular flexibility index (Phi) is 2.12. The number of pyridine rings is 1. The predicted molar refractivity (Wildman–Crippen MR) is 33.3 cm³/mol.